The smallest absolute Gasteiger partial charge is 0.274 e. The van der Waals surface area contributed by atoms with Crippen LogP contribution in [0.1, 0.15) is 10.4 Å². The number of carbonyl (C=O) groups excluding carboxylic acids is 1. The average Bonchev–Trinajstić information content (AvgIpc) is 2.47. The van der Waals surface area contributed by atoms with Gasteiger partial charge in [0.2, 0.25) is 0 Å². The fourth-order valence-corrected chi connectivity index (χ4v) is 1.65. The number of ether oxygens (including phenoxy) is 2. The lowest BCUT2D eigenvalue weighted by molar-refractivity contribution is 0.112. The first-order valence-electron chi connectivity index (χ1n) is 5.47. The molecule has 0 radical (unpaired) electrons. The van der Waals surface area contributed by atoms with E-state index in [0.29, 0.717) is 29.0 Å². The highest BCUT2D eigenvalue weighted by Crippen LogP contribution is 2.31. The van der Waals surface area contributed by atoms with Crippen LogP contribution >= 0.6 is 0 Å². The van der Waals surface area contributed by atoms with E-state index < -0.39 is 5.56 Å². The highest BCUT2D eigenvalue weighted by atomic mass is 16.5. The van der Waals surface area contributed by atoms with Gasteiger partial charge >= 0.3 is 0 Å². The number of hydrogen-bond acceptors (Lipinski definition) is 5. The molecule has 0 spiro atoms. The second-order valence-electron chi connectivity index (χ2n) is 3.73. The van der Waals surface area contributed by atoms with Gasteiger partial charge in [0.15, 0.2) is 17.8 Å². The number of carbonyl (C=O) groups is 1. The average molecular weight is 260 g/mol. The van der Waals surface area contributed by atoms with Crippen molar-refractivity contribution in [2.75, 3.05) is 14.2 Å². The Bertz CT molecular complexity index is 664. The number of hydrogen-bond donors (Lipinski definition) is 1. The van der Waals surface area contributed by atoms with E-state index in [1.54, 1.807) is 25.3 Å². The van der Waals surface area contributed by atoms with Crippen LogP contribution in [0, 0.1) is 0 Å². The summed E-state index contributed by atoms with van der Waals surface area (Å²) in [6.07, 6.45) is 0.491. The summed E-state index contributed by atoms with van der Waals surface area (Å²) in [5, 5.41) is 6.17. The molecule has 0 amide bonds. The molecule has 1 aromatic carbocycles. The predicted octanol–water partition coefficient (Wildman–Crippen LogP) is 1.27. The van der Waals surface area contributed by atoms with Crippen LogP contribution in [0.5, 0.6) is 11.5 Å². The lowest BCUT2D eigenvalue weighted by Gasteiger charge is -2.09. The highest BCUT2D eigenvalue weighted by Gasteiger charge is 2.09. The first kappa shape index (κ1) is 12.8. The molecule has 2 aromatic rings. The van der Waals surface area contributed by atoms with Crippen molar-refractivity contribution in [3.8, 4) is 22.8 Å². The number of aromatic nitrogens is 2. The topological polar surface area (TPSA) is 81.3 Å². The quantitative estimate of drug-likeness (QED) is 0.837. The van der Waals surface area contributed by atoms with Crippen molar-refractivity contribution in [1.82, 2.24) is 10.2 Å². The summed E-state index contributed by atoms with van der Waals surface area (Å²) in [7, 11) is 3.07. The molecule has 0 aliphatic carbocycles. The van der Waals surface area contributed by atoms with Crippen LogP contribution in [-0.4, -0.2) is 30.7 Å². The van der Waals surface area contributed by atoms with Crippen LogP contribution in [0.15, 0.2) is 29.1 Å². The molecule has 0 atom stereocenters. The summed E-state index contributed by atoms with van der Waals surface area (Å²) >= 11 is 0. The van der Waals surface area contributed by atoms with Gasteiger partial charge in [0.05, 0.1) is 25.5 Å². The molecular formula is C13H12N2O4. The number of rotatable bonds is 4. The van der Waals surface area contributed by atoms with Crippen LogP contribution in [0.4, 0.5) is 0 Å². The van der Waals surface area contributed by atoms with Crippen molar-refractivity contribution < 1.29 is 14.3 Å². The summed E-state index contributed by atoms with van der Waals surface area (Å²) in [6, 6.07) is 6.62. The first-order chi connectivity index (χ1) is 9.19. The molecule has 1 heterocycles. The van der Waals surface area contributed by atoms with Crippen molar-refractivity contribution in [2.45, 2.75) is 0 Å². The Morgan fingerprint density at radius 2 is 1.89 bits per heavy atom. The van der Waals surface area contributed by atoms with E-state index in [0.717, 1.165) is 0 Å². The van der Waals surface area contributed by atoms with Gasteiger partial charge in [-0.1, -0.05) is 0 Å². The van der Waals surface area contributed by atoms with E-state index in [-0.39, 0.29) is 5.56 Å². The van der Waals surface area contributed by atoms with E-state index in [1.807, 2.05) is 0 Å². The number of methoxy groups -OCH3 is 2. The molecule has 0 saturated heterocycles. The standard InChI is InChI=1S/C13H12N2O4/c1-18-11-4-3-8(6-12(11)19-2)10-5-9(7-16)13(17)15-14-10/h3-7H,1-2H3,(H,15,17). The number of nitrogens with one attached hydrogen (secondary N) is 1. The molecule has 6 nitrogen and oxygen atoms in total. The monoisotopic (exact) mass is 260 g/mol. The van der Waals surface area contributed by atoms with E-state index in [2.05, 4.69) is 10.2 Å². The molecule has 0 saturated carbocycles. The van der Waals surface area contributed by atoms with Crippen molar-refractivity contribution in [1.29, 1.82) is 0 Å². The third-order valence-electron chi connectivity index (χ3n) is 2.64. The third kappa shape index (κ3) is 2.47. The Morgan fingerprint density at radius 3 is 2.53 bits per heavy atom. The van der Waals surface area contributed by atoms with E-state index in [4.69, 9.17) is 9.47 Å². The summed E-state index contributed by atoms with van der Waals surface area (Å²) < 4.78 is 10.3. The maximum absolute atomic E-state index is 11.3. The Kier molecular flexibility index (Phi) is 3.61. The van der Waals surface area contributed by atoms with Crippen molar-refractivity contribution >= 4 is 6.29 Å². The lowest BCUT2D eigenvalue weighted by Crippen LogP contribution is -2.13. The number of H-pyrrole nitrogens is 1. The van der Waals surface area contributed by atoms with Gasteiger partial charge in [0.25, 0.3) is 5.56 Å². The SMILES string of the molecule is COc1ccc(-c2cc(C=O)c(=O)[nH]n2)cc1OC. The highest BCUT2D eigenvalue weighted by molar-refractivity contribution is 5.77. The van der Waals surface area contributed by atoms with Gasteiger partial charge in [0.1, 0.15) is 0 Å². The summed E-state index contributed by atoms with van der Waals surface area (Å²) in [6.45, 7) is 0. The Hall–Kier alpha value is -2.63. The van der Waals surface area contributed by atoms with Gasteiger partial charge in [-0.25, -0.2) is 5.10 Å². The minimum Gasteiger partial charge on any atom is -0.493 e. The fraction of sp³-hybridized carbons (Fsp3) is 0.154. The van der Waals surface area contributed by atoms with E-state index in [1.165, 1.54) is 13.2 Å². The maximum Gasteiger partial charge on any atom is 0.274 e. The van der Waals surface area contributed by atoms with Gasteiger partial charge in [0, 0.05) is 5.56 Å². The predicted molar refractivity (Wildman–Crippen MR) is 68.8 cm³/mol. The zero-order valence-electron chi connectivity index (χ0n) is 10.5. The summed E-state index contributed by atoms with van der Waals surface area (Å²) in [5.74, 6) is 1.13. The van der Waals surface area contributed by atoms with Gasteiger partial charge in [-0.05, 0) is 24.3 Å². The molecule has 0 aliphatic rings. The van der Waals surface area contributed by atoms with Crippen molar-refractivity contribution in [3.05, 3.63) is 40.2 Å². The van der Waals surface area contributed by atoms with Crippen molar-refractivity contribution in [2.24, 2.45) is 0 Å². The van der Waals surface area contributed by atoms with Crippen LogP contribution in [0.25, 0.3) is 11.3 Å². The Morgan fingerprint density at radius 1 is 1.16 bits per heavy atom. The molecule has 0 fully saturated rings. The Balaban J connectivity index is 2.53. The molecule has 0 bridgehead atoms. The largest absolute Gasteiger partial charge is 0.493 e. The zero-order chi connectivity index (χ0) is 13.8. The van der Waals surface area contributed by atoms with Gasteiger partial charge < -0.3 is 9.47 Å². The van der Waals surface area contributed by atoms with E-state index >= 15 is 0 Å². The van der Waals surface area contributed by atoms with Gasteiger partial charge in [-0.3, -0.25) is 9.59 Å². The first-order valence-corrected chi connectivity index (χ1v) is 5.47. The second kappa shape index (κ2) is 5.34. The van der Waals surface area contributed by atoms with Crippen LogP contribution in [-0.2, 0) is 0 Å². The molecule has 98 valence electrons. The fourth-order valence-electron chi connectivity index (χ4n) is 1.65. The van der Waals surface area contributed by atoms with E-state index in [9.17, 15) is 9.59 Å². The third-order valence-corrected chi connectivity index (χ3v) is 2.64. The number of nitrogens with zero attached hydrogens (tertiary/aromatic N) is 1. The molecule has 0 unspecified atom stereocenters. The van der Waals surface area contributed by atoms with Crippen LogP contribution < -0.4 is 15.0 Å². The molecule has 0 aliphatic heterocycles. The zero-order valence-corrected chi connectivity index (χ0v) is 10.5. The summed E-state index contributed by atoms with van der Waals surface area (Å²) in [4.78, 5) is 22.0. The normalized spacial score (nSPS) is 10.0. The molecule has 1 N–H and O–H groups in total. The minimum absolute atomic E-state index is 0.0276. The summed E-state index contributed by atoms with van der Waals surface area (Å²) in [5.41, 5.74) is 0.693. The number of benzene rings is 1. The lowest BCUT2D eigenvalue weighted by atomic mass is 10.1. The molecule has 1 aromatic heterocycles. The number of aromatic amines is 1. The second-order valence-corrected chi connectivity index (χ2v) is 3.73. The minimum atomic E-state index is -0.515. The molecular weight excluding hydrogens is 248 g/mol. The Labute approximate surface area is 109 Å². The molecule has 19 heavy (non-hydrogen) atoms. The molecule has 2 rings (SSSR count). The molecule has 6 heteroatoms. The maximum atomic E-state index is 11.3. The number of aldehydes is 1. The van der Waals surface area contributed by atoms with Crippen LogP contribution in [0.3, 0.4) is 0 Å². The van der Waals surface area contributed by atoms with Gasteiger partial charge in [-0.15, -0.1) is 0 Å². The van der Waals surface area contributed by atoms with Crippen molar-refractivity contribution in [3.63, 3.8) is 0 Å². The van der Waals surface area contributed by atoms with Gasteiger partial charge in [-0.2, -0.15) is 5.10 Å². The van der Waals surface area contributed by atoms with Crippen LogP contribution in [0.2, 0.25) is 0 Å².